The van der Waals surface area contributed by atoms with Gasteiger partial charge >= 0.3 is 5.97 Å². The lowest BCUT2D eigenvalue weighted by Crippen LogP contribution is -2.14. The van der Waals surface area contributed by atoms with Gasteiger partial charge in [0, 0.05) is 10.6 Å². The Morgan fingerprint density at radius 2 is 1.95 bits per heavy atom. The molecule has 1 aromatic heterocycles. The van der Waals surface area contributed by atoms with Gasteiger partial charge in [0.1, 0.15) is 0 Å². The van der Waals surface area contributed by atoms with E-state index in [-0.39, 0.29) is 18.5 Å². The molecule has 1 aromatic carbocycles. The van der Waals surface area contributed by atoms with Gasteiger partial charge < -0.3 is 9.15 Å². The molecule has 1 saturated carbocycles. The van der Waals surface area contributed by atoms with E-state index in [2.05, 4.69) is 10.2 Å². The van der Waals surface area contributed by atoms with Gasteiger partial charge in [-0.1, -0.05) is 24.4 Å². The minimum absolute atomic E-state index is 0.0237. The van der Waals surface area contributed by atoms with Crippen molar-refractivity contribution in [1.29, 1.82) is 0 Å². The number of benzene rings is 1. The molecular weight excluding hydrogens is 292 g/mol. The third-order valence-corrected chi connectivity index (χ3v) is 3.84. The zero-order valence-electron chi connectivity index (χ0n) is 11.4. The summed E-state index contributed by atoms with van der Waals surface area (Å²) in [6.45, 7) is 0.0237. The van der Waals surface area contributed by atoms with Crippen molar-refractivity contribution in [3.63, 3.8) is 0 Å². The molecule has 1 fully saturated rings. The summed E-state index contributed by atoms with van der Waals surface area (Å²) in [6.07, 6.45) is 4.03. The molecule has 6 heteroatoms. The van der Waals surface area contributed by atoms with Gasteiger partial charge in [0.2, 0.25) is 5.89 Å². The van der Waals surface area contributed by atoms with E-state index >= 15 is 0 Å². The first kappa shape index (κ1) is 14.1. The van der Waals surface area contributed by atoms with Gasteiger partial charge in [0.05, 0.1) is 5.92 Å². The molecule has 1 heterocycles. The van der Waals surface area contributed by atoms with Crippen LogP contribution >= 0.6 is 11.6 Å². The molecule has 0 unspecified atom stereocenters. The average molecular weight is 307 g/mol. The Morgan fingerprint density at radius 3 is 2.67 bits per heavy atom. The fourth-order valence-electron chi connectivity index (χ4n) is 2.43. The van der Waals surface area contributed by atoms with E-state index in [0.717, 1.165) is 31.2 Å². The number of carbonyl (C=O) groups is 1. The Labute approximate surface area is 127 Å². The second-order valence-corrected chi connectivity index (χ2v) is 5.53. The quantitative estimate of drug-likeness (QED) is 0.807. The molecule has 0 N–H and O–H groups in total. The van der Waals surface area contributed by atoms with Crippen LogP contribution in [0.2, 0.25) is 5.02 Å². The fraction of sp³-hybridized carbons (Fsp3) is 0.400. The third-order valence-electron chi connectivity index (χ3n) is 3.58. The van der Waals surface area contributed by atoms with Gasteiger partial charge in [-0.15, -0.1) is 10.2 Å². The minimum atomic E-state index is -0.168. The summed E-state index contributed by atoms with van der Waals surface area (Å²) >= 11 is 5.83. The zero-order chi connectivity index (χ0) is 14.7. The van der Waals surface area contributed by atoms with Crippen LogP contribution in [0.5, 0.6) is 0 Å². The largest absolute Gasteiger partial charge is 0.455 e. The summed E-state index contributed by atoms with van der Waals surface area (Å²) in [4.78, 5) is 11.8. The van der Waals surface area contributed by atoms with Crippen molar-refractivity contribution in [3.8, 4) is 11.5 Å². The highest BCUT2D eigenvalue weighted by atomic mass is 35.5. The Bertz CT molecular complexity index is 618. The van der Waals surface area contributed by atoms with Crippen LogP contribution in [0.1, 0.15) is 31.6 Å². The van der Waals surface area contributed by atoms with Crippen molar-refractivity contribution in [2.24, 2.45) is 5.92 Å². The number of halogens is 1. The number of carbonyl (C=O) groups excluding carboxylic acids is 1. The molecule has 2 aromatic rings. The van der Waals surface area contributed by atoms with E-state index in [1.807, 2.05) is 0 Å². The van der Waals surface area contributed by atoms with Gasteiger partial charge in [-0.3, -0.25) is 4.79 Å². The molecular formula is C15H15ClN2O3. The SMILES string of the molecule is O=C(OCc1nnc(-c2ccc(Cl)cc2)o1)C1CCCC1. The second-order valence-electron chi connectivity index (χ2n) is 5.10. The summed E-state index contributed by atoms with van der Waals surface area (Å²) in [5.41, 5.74) is 0.778. The topological polar surface area (TPSA) is 65.2 Å². The molecule has 21 heavy (non-hydrogen) atoms. The van der Waals surface area contributed by atoms with Gasteiger partial charge in [-0.2, -0.15) is 0 Å². The maximum atomic E-state index is 11.8. The Balaban J connectivity index is 1.60. The van der Waals surface area contributed by atoms with Gasteiger partial charge in [-0.05, 0) is 37.1 Å². The lowest BCUT2D eigenvalue weighted by molar-refractivity contribution is -0.150. The first-order valence-electron chi connectivity index (χ1n) is 6.97. The van der Waals surface area contributed by atoms with Crippen LogP contribution in [0, 0.1) is 5.92 Å². The molecule has 0 spiro atoms. The fourth-order valence-corrected chi connectivity index (χ4v) is 2.56. The summed E-state index contributed by atoms with van der Waals surface area (Å²) in [5.74, 6) is 0.548. The lowest BCUT2D eigenvalue weighted by atomic mass is 10.1. The highest BCUT2D eigenvalue weighted by Gasteiger charge is 2.24. The molecule has 0 saturated heterocycles. The van der Waals surface area contributed by atoms with Crippen LogP contribution in [0.25, 0.3) is 11.5 Å². The Kier molecular flexibility index (Phi) is 4.20. The molecule has 0 atom stereocenters. The van der Waals surface area contributed by atoms with Crippen molar-refractivity contribution in [2.75, 3.05) is 0 Å². The minimum Gasteiger partial charge on any atom is -0.455 e. The third kappa shape index (κ3) is 3.42. The van der Waals surface area contributed by atoms with Gasteiger partial charge in [0.25, 0.3) is 5.89 Å². The molecule has 1 aliphatic carbocycles. The van der Waals surface area contributed by atoms with Gasteiger partial charge in [-0.25, -0.2) is 0 Å². The highest BCUT2D eigenvalue weighted by Crippen LogP contribution is 2.26. The van der Waals surface area contributed by atoms with Gasteiger partial charge in [0.15, 0.2) is 6.61 Å². The van der Waals surface area contributed by atoms with Crippen LogP contribution in [-0.2, 0) is 16.1 Å². The smallest absolute Gasteiger partial charge is 0.309 e. The molecule has 110 valence electrons. The van der Waals surface area contributed by atoms with E-state index in [4.69, 9.17) is 20.8 Å². The normalized spacial score (nSPS) is 15.3. The Hall–Kier alpha value is -1.88. The molecule has 0 bridgehead atoms. The van der Waals surface area contributed by atoms with Crippen molar-refractivity contribution >= 4 is 17.6 Å². The molecule has 5 nitrogen and oxygen atoms in total. The Morgan fingerprint density at radius 1 is 1.24 bits per heavy atom. The zero-order valence-corrected chi connectivity index (χ0v) is 12.2. The molecule has 1 aliphatic rings. The maximum Gasteiger partial charge on any atom is 0.309 e. The van der Waals surface area contributed by atoms with E-state index in [9.17, 15) is 4.79 Å². The number of rotatable bonds is 4. The second kappa shape index (κ2) is 6.26. The van der Waals surface area contributed by atoms with Crippen LogP contribution in [-0.4, -0.2) is 16.2 Å². The number of esters is 1. The summed E-state index contributed by atoms with van der Waals surface area (Å²) in [5, 5.41) is 8.47. The number of hydrogen-bond donors (Lipinski definition) is 0. The maximum absolute atomic E-state index is 11.8. The van der Waals surface area contributed by atoms with Crippen molar-refractivity contribution in [2.45, 2.75) is 32.3 Å². The number of aromatic nitrogens is 2. The van der Waals surface area contributed by atoms with E-state index in [0.29, 0.717) is 16.8 Å². The first-order chi connectivity index (χ1) is 10.2. The molecule has 3 rings (SSSR count). The summed E-state index contributed by atoms with van der Waals surface area (Å²) < 4.78 is 10.7. The van der Waals surface area contributed by atoms with Crippen LogP contribution in [0.3, 0.4) is 0 Å². The molecule has 0 amide bonds. The number of ether oxygens (including phenoxy) is 1. The first-order valence-corrected chi connectivity index (χ1v) is 7.35. The van der Waals surface area contributed by atoms with Crippen molar-refractivity contribution in [1.82, 2.24) is 10.2 Å². The average Bonchev–Trinajstić information content (AvgIpc) is 3.17. The van der Waals surface area contributed by atoms with Crippen molar-refractivity contribution < 1.29 is 13.9 Å². The van der Waals surface area contributed by atoms with Crippen LogP contribution < -0.4 is 0 Å². The predicted octanol–water partition coefficient (Wildman–Crippen LogP) is 3.62. The van der Waals surface area contributed by atoms with Crippen LogP contribution in [0.15, 0.2) is 28.7 Å². The lowest BCUT2D eigenvalue weighted by Gasteiger charge is -2.07. The van der Waals surface area contributed by atoms with E-state index < -0.39 is 0 Å². The molecule has 0 radical (unpaired) electrons. The predicted molar refractivity (Wildman–Crippen MR) is 76.5 cm³/mol. The number of nitrogens with zero attached hydrogens (tertiary/aromatic N) is 2. The van der Waals surface area contributed by atoms with E-state index in [1.165, 1.54) is 0 Å². The highest BCUT2D eigenvalue weighted by molar-refractivity contribution is 6.30. The molecule has 0 aliphatic heterocycles. The van der Waals surface area contributed by atoms with Crippen LogP contribution in [0.4, 0.5) is 0 Å². The summed E-state index contributed by atoms with van der Waals surface area (Å²) in [7, 11) is 0. The van der Waals surface area contributed by atoms with Crippen molar-refractivity contribution in [3.05, 3.63) is 35.2 Å². The van der Waals surface area contributed by atoms with E-state index in [1.54, 1.807) is 24.3 Å². The monoisotopic (exact) mass is 306 g/mol. The standard InChI is InChI=1S/C15H15ClN2O3/c16-12-7-5-10(6-8-12)14-18-17-13(21-14)9-20-15(19)11-3-1-2-4-11/h5-8,11H,1-4,9H2. The summed E-state index contributed by atoms with van der Waals surface area (Å²) in [6, 6.07) is 7.09. The number of hydrogen-bond acceptors (Lipinski definition) is 5.